The molecule has 0 N–H and O–H groups in total. The van der Waals surface area contributed by atoms with Crippen molar-refractivity contribution in [3.63, 3.8) is 0 Å². The Morgan fingerprint density at radius 1 is 1.19 bits per heavy atom. The lowest BCUT2D eigenvalue weighted by molar-refractivity contribution is -0.115. The first-order valence-corrected chi connectivity index (χ1v) is 6.74. The van der Waals surface area contributed by atoms with Crippen LogP contribution in [0, 0.1) is 0 Å². The smallest absolute Gasteiger partial charge is 0.228 e. The zero-order valence-corrected chi connectivity index (χ0v) is 11.6. The number of para-hydroxylation sites is 2. The lowest BCUT2D eigenvalue weighted by Crippen LogP contribution is -2.23. The summed E-state index contributed by atoms with van der Waals surface area (Å²) in [5.74, 6) is -0.0588. The van der Waals surface area contributed by atoms with Crippen molar-refractivity contribution < 1.29 is 4.79 Å². The second-order valence-electron chi connectivity index (χ2n) is 4.97. The van der Waals surface area contributed by atoms with E-state index in [2.05, 4.69) is 10.0 Å². The van der Waals surface area contributed by atoms with Crippen molar-refractivity contribution in [3.8, 4) is 0 Å². The van der Waals surface area contributed by atoms with E-state index in [9.17, 15) is 4.79 Å². The predicted molar refractivity (Wildman–Crippen MR) is 81.3 cm³/mol. The number of rotatable bonds is 1. The van der Waals surface area contributed by atoms with Crippen molar-refractivity contribution >= 4 is 17.3 Å². The second-order valence-corrected chi connectivity index (χ2v) is 4.97. The highest BCUT2D eigenvalue weighted by Gasteiger charge is 2.27. The van der Waals surface area contributed by atoms with E-state index in [1.165, 1.54) is 0 Å². The molecule has 21 heavy (non-hydrogen) atoms. The van der Waals surface area contributed by atoms with Crippen molar-refractivity contribution in [2.75, 3.05) is 4.90 Å². The molecule has 2 aromatic rings. The minimum atomic E-state index is -0.309. The molecule has 0 aromatic heterocycles. The number of hydrogen-bond acceptors (Lipinski definition) is 2. The van der Waals surface area contributed by atoms with Gasteiger partial charge in [-0.25, -0.2) is 0 Å². The van der Waals surface area contributed by atoms with Crippen LogP contribution in [-0.4, -0.2) is 5.91 Å². The molecule has 3 rings (SSSR count). The maximum Gasteiger partial charge on any atom is 0.228 e. The van der Waals surface area contributed by atoms with Crippen LogP contribution < -0.4 is 4.90 Å². The van der Waals surface area contributed by atoms with E-state index >= 15 is 0 Å². The van der Waals surface area contributed by atoms with Gasteiger partial charge in [-0.15, -0.1) is 0 Å². The lowest BCUT2D eigenvalue weighted by Gasteiger charge is -2.23. The molecule has 0 radical (unpaired) electrons. The van der Waals surface area contributed by atoms with E-state index in [4.69, 9.17) is 5.53 Å². The summed E-state index contributed by atoms with van der Waals surface area (Å²) in [6, 6.07) is 15.0. The van der Waals surface area contributed by atoms with Crippen LogP contribution in [0.4, 0.5) is 11.4 Å². The van der Waals surface area contributed by atoms with Crippen molar-refractivity contribution in [2.45, 2.75) is 19.4 Å². The highest BCUT2D eigenvalue weighted by atomic mass is 16.2. The molecule has 0 saturated carbocycles. The molecule has 1 amide bonds. The van der Waals surface area contributed by atoms with Gasteiger partial charge in [-0.1, -0.05) is 41.5 Å². The number of hydrogen-bond donors (Lipinski definition) is 0. The molecule has 1 aliphatic rings. The van der Waals surface area contributed by atoms with Gasteiger partial charge in [-0.2, -0.15) is 0 Å². The normalized spacial score (nSPS) is 16.2. The van der Waals surface area contributed by atoms with Gasteiger partial charge in [-0.3, -0.25) is 9.69 Å². The van der Waals surface area contributed by atoms with Gasteiger partial charge < -0.3 is 0 Å². The van der Waals surface area contributed by atoms with Gasteiger partial charge in [0.2, 0.25) is 5.91 Å². The molecule has 0 saturated heterocycles. The number of benzene rings is 2. The van der Waals surface area contributed by atoms with Gasteiger partial charge in [0.1, 0.15) is 0 Å². The Balaban J connectivity index is 2.30. The topological polar surface area (TPSA) is 69.1 Å². The molecule has 104 valence electrons. The molecule has 0 fully saturated rings. The molecule has 5 heteroatoms. The SMILES string of the molecule is CC(=O)N1c2ccccc2CC(N=[N+]=[N-])c2ccccc21. The first-order chi connectivity index (χ1) is 10.2. The monoisotopic (exact) mass is 278 g/mol. The quantitative estimate of drug-likeness (QED) is 0.436. The van der Waals surface area contributed by atoms with Crippen LogP contribution in [0.2, 0.25) is 0 Å². The highest BCUT2D eigenvalue weighted by Crippen LogP contribution is 2.41. The Bertz CT molecular complexity index is 749. The molecule has 1 atom stereocenters. The third-order valence-electron chi connectivity index (χ3n) is 3.69. The molecule has 5 nitrogen and oxygen atoms in total. The maximum absolute atomic E-state index is 12.2. The molecule has 1 aliphatic heterocycles. The van der Waals surface area contributed by atoms with Gasteiger partial charge in [-0.05, 0) is 35.2 Å². The number of anilines is 2. The standard InChI is InChI=1S/C16H14N4O/c1-11(21)20-15-8-4-2-6-12(15)10-14(18-19-17)13-7-3-5-9-16(13)20/h2-9,14H,10H2,1H3. The zero-order chi connectivity index (χ0) is 14.8. The first-order valence-electron chi connectivity index (χ1n) is 6.74. The first kappa shape index (κ1) is 13.2. The summed E-state index contributed by atoms with van der Waals surface area (Å²) in [6.45, 7) is 1.54. The summed E-state index contributed by atoms with van der Waals surface area (Å²) in [4.78, 5) is 16.8. The van der Waals surface area contributed by atoms with E-state index in [-0.39, 0.29) is 11.9 Å². The van der Waals surface area contributed by atoms with Crippen LogP contribution in [0.15, 0.2) is 53.6 Å². The van der Waals surface area contributed by atoms with Crippen molar-refractivity contribution in [1.82, 2.24) is 0 Å². The molecule has 2 aromatic carbocycles. The Morgan fingerprint density at radius 3 is 2.57 bits per heavy atom. The highest BCUT2D eigenvalue weighted by molar-refractivity contribution is 6.01. The average molecular weight is 278 g/mol. The minimum Gasteiger partial charge on any atom is -0.281 e. The van der Waals surface area contributed by atoms with Gasteiger partial charge >= 0.3 is 0 Å². The van der Waals surface area contributed by atoms with E-state index in [1.807, 2.05) is 48.5 Å². The van der Waals surface area contributed by atoms with Gasteiger partial charge in [0, 0.05) is 11.8 Å². The molecular weight excluding hydrogens is 264 g/mol. The molecule has 0 bridgehead atoms. The van der Waals surface area contributed by atoms with E-state index in [1.54, 1.807) is 11.8 Å². The van der Waals surface area contributed by atoms with Crippen LogP contribution >= 0.6 is 0 Å². The predicted octanol–water partition coefficient (Wildman–Crippen LogP) is 4.28. The number of nitrogens with zero attached hydrogens (tertiary/aromatic N) is 4. The van der Waals surface area contributed by atoms with Gasteiger partial charge in [0.15, 0.2) is 0 Å². The van der Waals surface area contributed by atoms with Crippen molar-refractivity contribution in [2.24, 2.45) is 5.11 Å². The lowest BCUT2D eigenvalue weighted by atomic mass is 10.00. The van der Waals surface area contributed by atoms with Crippen molar-refractivity contribution in [1.29, 1.82) is 0 Å². The third-order valence-corrected chi connectivity index (χ3v) is 3.69. The summed E-state index contributed by atoms with van der Waals surface area (Å²) in [6.07, 6.45) is 0.584. The fraction of sp³-hybridized carbons (Fsp3) is 0.188. The number of fused-ring (bicyclic) bond motifs is 2. The largest absolute Gasteiger partial charge is 0.281 e. The number of amides is 1. The van der Waals surface area contributed by atoms with Crippen LogP contribution in [0.3, 0.4) is 0 Å². The van der Waals surface area contributed by atoms with Crippen molar-refractivity contribution in [3.05, 3.63) is 70.1 Å². The summed E-state index contributed by atoms with van der Waals surface area (Å²) in [5, 5.41) is 3.92. The van der Waals surface area contributed by atoms with Crippen LogP contribution in [0.1, 0.15) is 24.1 Å². The summed E-state index contributed by atoms with van der Waals surface area (Å²) in [7, 11) is 0. The van der Waals surface area contributed by atoms with E-state index < -0.39 is 0 Å². The molecular formula is C16H14N4O. The summed E-state index contributed by atoms with van der Waals surface area (Å²) >= 11 is 0. The van der Waals surface area contributed by atoms with Crippen LogP contribution in [0.5, 0.6) is 0 Å². The fourth-order valence-electron chi connectivity index (χ4n) is 2.83. The molecule has 0 spiro atoms. The average Bonchev–Trinajstić information content (AvgIpc) is 2.62. The number of carbonyl (C=O) groups excluding carboxylic acids is 1. The summed E-state index contributed by atoms with van der Waals surface area (Å²) in [5.41, 5.74) is 12.4. The Hall–Kier alpha value is -2.78. The fourth-order valence-corrected chi connectivity index (χ4v) is 2.83. The molecule has 1 unspecified atom stereocenters. The van der Waals surface area contributed by atoms with Gasteiger partial charge in [0.25, 0.3) is 0 Å². The number of azide groups is 1. The Labute approximate surface area is 122 Å². The third kappa shape index (κ3) is 2.24. The van der Waals surface area contributed by atoms with Crippen LogP contribution in [0.25, 0.3) is 10.4 Å². The molecule has 1 heterocycles. The number of carbonyl (C=O) groups is 1. The second kappa shape index (κ2) is 5.31. The van der Waals surface area contributed by atoms with E-state index in [0.29, 0.717) is 6.42 Å². The minimum absolute atomic E-state index is 0.0588. The maximum atomic E-state index is 12.2. The van der Waals surface area contributed by atoms with Crippen LogP contribution in [-0.2, 0) is 11.2 Å². The molecule has 0 aliphatic carbocycles. The van der Waals surface area contributed by atoms with E-state index in [0.717, 1.165) is 22.5 Å². The Kier molecular flexibility index (Phi) is 3.34. The zero-order valence-electron chi connectivity index (χ0n) is 11.6. The summed E-state index contributed by atoms with van der Waals surface area (Å²) < 4.78 is 0. The Morgan fingerprint density at radius 2 is 1.86 bits per heavy atom. The van der Waals surface area contributed by atoms with Gasteiger partial charge in [0.05, 0.1) is 17.4 Å².